The highest BCUT2D eigenvalue weighted by atomic mass is 79.9. The number of fused-ring (bicyclic) bond motifs is 1. The molecular formula is C18H23BrNO4+. The molecule has 1 N–H and O–H groups in total. The van der Waals surface area contributed by atoms with E-state index in [-0.39, 0.29) is 12.2 Å². The van der Waals surface area contributed by atoms with E-state index in [2.05, 4.69) is 29.8 Å². The molecule has 0 aliphatic carbocycles. The predicted octanol–water partition coefficient (Wildman–Crippen LogP) is 2.56. The molecule has 130 valence electrons. The number of carbonyl (C=O) groups is 1. The van der Waals surface area contributed by atoms with Gasteiger partial charge in [0, 0.05) is 9.86 Å². The number of esters is 1. The molecule has 24 heavy (non-hydrogen) atoms. The van der Waals surface area contributed by atoms with Gasteiger partial charge in [-0.3, -0.25) is 0 Å². The molecule has 0 radical (unpaired) electrons. The average Bonchev–Trinajstić information content (AvgIpc) is 2.85. The lowest BCUT2D eigenvalue weighted by atomic mass is 10.1. The van der Waals surface area contributed by atoms with Crippen molar-refractivity contribution in [2.45, 2.75) is 39.5 Å². The molecule has 1 aromatic carbocycles. The normalized spacial score (nSPS) is 24.2. The van der Waals surface area contributed by atoms with Crippen molar-refractivity contribution in [3.05, 3.63) is 34.0 Å². The highest BCUT2D eigenvalue weighted by molar-refractivity contribution is 9.10. The fourth-order valence-electron chi connectivity index (χ4n) is 3.44. The van der Waals surface area contributed by atoms with E-state index < -0.39 is 5.97 Å². The van der Waals surface area contributed by atoms with Gasteiger partial charge >= 0.3 is 5.97 Å². The molecule has 0 unspecified atom stereocenters. The van der Waals surface area contributed by atoms with E-state index >= 15 is 0 Å². The SMILES string of the molecule is CCOC(=O)c1oc2ccc(Br)cc2c1C[NH+]1C[C@H](C)O[C@@H](C)C1. The van der Waals surface area contributed by atoms with Crippen LogP contribution in [0.5, 0.6) is 0 Å². The molecule has 3 rings (SSSR count). The number of morpholine rings is 1. The summed E-state index contributed by atoms with van der Waals surface area (Å²) in [4.78, 5) is 13.7. The van der Waals surface area contributed by atoms with E-state index in [1.54, 1.807) is 6.92 Å². The quantitative estimate of drug-likeness (QED) is 0.806. The molecule has 0 bridgehead atoms. The van der Waals surface area contributed by atoms with Crippen LogP contribution in [0, 0.1) is 0 Å². The summed E-state index contributed by atoms with van der Waals surface area (Å²) in [6.07, 6.45) is 0.416. The van der Waals surface area contributed by atoms with E-state index in [0.29, 0.717) is 18.0 Å². The molecule has 1 aliphatic rings. The third-order valence-electron chi connectivity index (χ3n) is 4.26. The fourth-order valence-corrected chi connectivity index (χ4v) is 3.80. The number of benzene rings is 1. The number of hydrogen-bond donors (Lipinski definition) is 1. The molecule has 1 fully saturated rings. The molecule has 2 atom stereocenters. The van der Waals surface area contributed by atoms with Gasteiger partial charge in [-0.25, -0.2) is 4.79 Å². The second kappa shape index (κ2) is 7.25. The second-order valence-electron chi connectivity index (χ2n) is 6.36. The van der Waals surface area contributed by atoms with Gasteiger partial charge in [0.2, 0.25) is 5.76 Å². The summed E-state index contributed by atoms with van der Waals surface area (Å²) in [5.74, 6) is -0.0715. The number of rotatable bonds is 4. The number of furan rings is 1. The lowest BCUT2D eigenvalue weighted by Crippen LogP contribution is -3.14. The maximum absolute atomic E-state index is 12.3. The Balaban J connectivity index is 1.98. The van der Waals surface area contributed by atoms with Crippen LogP contribution in [0.25, 0.3) is 11.0 Å². The van der Waals surface area contributed by atoms with Crippen LogP contribution in [-0.2, 0) is 16.0 Å². The zero-order valence-electron chi connectivity index (χ0n) is 14.2. The number of carbonyl (C=O) groups excluding carboxylic acids is 1. The summed E-state index contributed by atoms with van der Waals surface area (Å²) in [6.45, 7) is 8.85. The first-order chi connectivity index (χ1) is 11.5. The predicted molar refractivity (Wildman–Crippen MR) is 94.3 cm³/mol. The van der Waals surface area contributed by atoms with Crippen molar-refractivity contribution in [1.82, 2.24) is 0 Å². The van der Waals surface area contributed by atoms with E-state index in [9.17, 15) is 4.79 Å². The van der Waals surface area contributed by atoms with E-state index in [0.717, 1.165) is 35.1 Å². The molecular weight excluding hydrogens is 374 g/mol. The number of quaternary nitrogens is 1. The Kier molecular flexibility index (Phi) is 5.27. The third kappa shape index (κ3) is 3.66. The van der Waals surface area contributed by atoms with Gasteiger partial charge in [0.05, 0.1) is 12.2 Å². The Morgan fingerprint density at radius 3 is 2.71 bits per heavy atom. The minimum atomic E-state index is -0.395. The molecule has 1 saturated heterocycles. The van der Waals surface area contributed by atoms with Crippen LogP contribution in [-0.4, -0.2) is 37.9 Å². The van der Waals surface area contributed by atoms with E-state index in [4.69, 9.17) is 13.9 Å². The fraction of sp³-hybridized carbons (Fsp3) is 0.500. The average molecular weight is 397 g/mol. The van der Waals surface area contributed by atoms with Crippen LogP contribution in [0.1, 0.15) is 36.9 Å². The van der Waals surface area contributed by atoms with Crippen molar-refractivity contribution >= 4 is 32.9 Å². The van der Waals surface area contributed by atoms with Gasteiger partial charge in [-0.05, 0) is 39.0 Å². The molecule has 2 heterocycles. The van der Waals surface area contributed by atoms with Crippen molar-refractivity contribution in [3.63, 3.8) is 0 Å². The largest absolute Gasteiger partial charge is 0.460 e. The van der Waals surface area contributed by atoms with Crippen LogP contribution < -0.4 is 4.90 Å². The van der Waals surface area contributed by atoms with Crippen molar-refractivity contribution in [3.8, 4) is 0 Å². The summed E-state index contributed by atoms with van der Waals surface area (Å²) in [5.41, 5.74) is 1.63. The third-order valence-corrected chi connectivity index (χ3v) is 4.75. The first kappa shape index (κ1) is 17.5. The molecule has 1 aliphatic heterocycles. The van der Waals surface area contributed by atoms with Crippen LogP contribution in [0.4, 0.5) is 0 Å². The van der Waals surface area contributed by atoms with Crippen molar-refractivity contribution in [2.75, 3.05) is 19.7 Å². The topological polar surface area (TPSA) is 53.1 Å². The van der Waals surface area contributed by atoms with E-state index in [1.165, 1.54) is 4.90 Å². The minimum Gasteiger partial charge on any atom is -0.460 e. The van der Waals surface area contributed by atoms with Gasteiger partial charge in [-0.2, -0.15) is 0 Å². The maximum atomic E-state index is 12.3. The summed E-state index contributed by atoms with van der Waals surface area (Å²) in [7, 11) is 0. The van der Waals surface area contributed by atoms with Gasteiger partial charge in [0.1, 0.15) is 37.4 Å². The second-order valence-corrected chi connectivity index (χ2v) is 7.28. The monoisotopic (exact) mass is 396 g/mol. The van der Waals surface area contributed by atoms with E-state index in [1.807, 2.05) is 18.2 Å². The van der Waals surface area contributed by atoms with Gasteiger partial charge in [-0.1, -0.05) is 15.9 Å². The summed E-state index contributed by atoms with van der Waals surface area (Å²) < 4.78 is 17.8. The molecule has 2 aromatic rings. The number of halogens is 1. The lowest BCUT2D eigenvalue weighted by molar-refractivity contribution is -0.928. The summed E-state index contributed by atoms with van der Waals surface area (Å²) >= 11 is 3.50. The Bertz CT molecular complexity index is 732. The standard InChI is InChI=1S/C18H22BrNO4/c1-4-22-18(21)17-15(10-20-8-11(2)23-12(3)9-20)14-7-13(19)5-6-16(14)24-17/h5-7,11-12H,4,8-10H2,1-3H3/p+1/t11-,12-/m0/s1. The lowest BCUT2D eigenvalue weighted by Gasteiger charge is -2.32. The van der Waals surface area contributed by atoms with Crippen molar-refractivity contribution in [1.29, 1.82) is 0 Å². The van der Waals surface area contributed by atoms with Gasteiger partial charge < -0.3 is 18.8 Å². The maximum Gasteiger partial charge on any atom is 0.374 e. The highest BCUT2D eigenvalue weighted by Gasteiger charge is 2.30. The minimum absolute atomic E-state index is 0.208. The van der Waals surface area contributed by atoms with Crippen molar-refractivity contribution < 1.29 is 23.6 Å². The Hall–Kier alpha value is -1.37. The van der Waals surface area contributed by atoms with Crippen LogP contribution in [0.2, 0.25) is 0 Å². The van der Waals surface area contributed by atoms with Crippen LogP contribution >= 0.6 is 15.9 Å². The number of ether oxygens (including phenoxy) is 2. The molecule has 6 heteroatoms. The smallest absolute Gasteiger partial charge is 0.374 e. The van der Waals surface area contributed by atoms with Crippen molar-refractivity contribution in [2.24, 2.45) is 0 Å². The summed E-state index contributed by atoms with van der Waals surface area (Å²) in [6, 6.07) is 5.80. The Morgan fingerprint density at radius 1 is 1.33 bits per heavy atom. The Labute approximate surface area is 150 Å². The summed E-state index contributed by atoms with van der Waals surface area (Å²) in [5, 5.41) is 0.965. The first-order valence-corrected chi connectivity index (χ1v) is 9.14. The molecule has 0 saturated carbocycles. The van der Waals surface area contributed by atoms with Gasteiger partial charge in [0.15, 0.2) is 0 Å². The molecule has 0 spiro atoms. The van der Waals surface area contributed by atoms with Gasteiger partial charge in [0.25, 0.3) is 0 Å². The van der Waals surface area contributed by atoms with Gasteiger partial charge in [-0.15, -0.1) is 0 Å². The molecule has 0 amide bonds. The zero-order chi connectivity index (χ0) is 17.3. The number of nitrogens with one attached hydrogen (secondary N) is 1. The molecule has 1 aromatic heterocycles. The van der Waals surface area contributed by atoms with Crippen LogP contribution in [0.15, 0.2) is 27.1 Å². The van der Waals surface area contributed by atoms with Crippen LogP contribution in [0.3, 0.4) is 0 Å². The highest BCUT2D eigenvalue weighted by Crippen LogP contribution is 2.29. The molecule has 5 nitrogen and oxygen atoms in total. The zero-order valence-corrected chi connectivity index (χ0v) is 15.8. The number of hydrogen-bond acceptors (Lipinski definition) is 4. The Morgan fingerprint density at radius 2 is 2.04 bits per heavy atom. The first-order valence-electron chi connectivity index (χ1n) is 8.35.